The SMILES string of the molecule is Cn1c(=O)c2c(ncn2CCOP(=O)(OCCn2cnc3c2c(=O)n(C)c(=O)n3C)OCC[N+](C)(C)C)n(C)c1=O. The Labute approximate surface area is 233 Å². The molecule has 17 nitrogen and oxygen atoms in total. The van der Waals surface area contributed by atoms with Gasteiger partial charge in [-0.05, 0) is 0 Å². The molecule has 4 rings (SSSR count). The van der Waals surface area contributed by atoms with Crippen molar-refractivity contribution < 1.29 is 22.6 Å². The Morgan fingerprint density at radius 2 is 1.07 bits per heavy atom. The highest BCUT2D eigenvalue weighted by molar-refractivity contribution is 7.48. The molecule has 0 bridgehead atoms. The normalized spacial score (nSPS) is 12.7. The highest BCUT2D eigenvalue weighted by Gasteiger charge is 2.28. The maximum absolute atomic E-state index is 13.6. The number of rotatable bonds is 12. The Kier molecular flexibility index (Phi) is 8.38. The molecule has 0 amide bonds. The minimum absolute atomic E-state index is 0.0756. The van der Waals surface area contributed by atoms with Gasteiger partial charge < -0.3 is 13.6 Å². The van der Waals surface area contributed by atoms with E-state index in [1.165, 1.54) is 59.1 Å². The smallest absolute Gasteiger partial charge is 0.329 e. The van der Waals surface area contributed by atoms with Crippen LogP contribution in [-0.4, -0.2) is 89.4 Å². The van der Waals surface area contributed by atoms with Crippen LogP contribution in [0.15, 0.2) is 31.8 Å². The Hall–Kier alpha value is -3.63. The molecule has 0 unspecified atom stereocenters. The minimum Gasteiger partial charge on any atom is -0.329 e. The lowest BCUT2D eigenvalue weighted by molar-refractivity contribution is -0.870. The predicted molar refractivity (Wildman–Crippen MR) is 149 cm³/mol. The van der Waals surface area contributed by atoms with Crippen LogP contribution >= 0.6 is 7.82 Å². The number of aromatic nitrogens is 8. The van der Waals surface area contributed by atoms with Gasteiger partial charge in [0.2, 0.25) is 0 Å². The number of hydrogen-bond donors (Lipinski definition) is 0. The predicted octanol–water partition coefficient (Wildman–Crippen LogP) is -1.25. The molecule has 0 saturated carbocycles. The van der Waals surface area contributed by atoms with E-state index in [1.54, 1.807) is 0 Å². The van der Waals surface area contributed by atoms with E-state index in [1.807, 2.05) is 21.1 Å². The van der Waals surface area contributed by atoms with Gasteiger partial charge in [-0.2, -0.15) is 0 Å². The molecule has 0 aliphatic carbocycles. The first-order chi connectivity index (χ1) is 19.1. The molecule has 0 atom stereocenters. The second kappa shape index (κ2) is 11.3. The maximum Gasteiger partial charge on any atom is 0.475 e. The van der Waals surface area contributed by atoms with Gasteiger partial charge in [0.15, 0.2) is 22.3 Å². The van der Waals surface area contributed by atoms with Crippen molar-refractivity contribution in [3.63, 3.8) is 0 Å². The highest BCUT2D eigenvalue weighted by atomic mass is 31.2. The van der Waals surface area contributed by atoms with E-state index in [9.17, 15) is 23.7 Å². The van der Waals surface area contributed by atoms with E-state index in [2.05, 4.69) is 9.97 Å². The van der Waals surface area contributed by atoms with Gasteiger partial charge in [-0.1, -0.05) is 0 Å². The quantitative estimate of drug-likeness (QED) is 0.142. The molecule has 0 saturated heterocycles. The monoisotopic (exact) mass is 596 g/mol. The molecule has 41 heavy (non-hydrogen) atoms. The average Bonchev–Trinajstić information content (AvgIpc) is 3.52. The lowest BCUT2D eigenvalue weighted by atomic mass is 10.5. The van der Waals surface area contributed by atoms with Crippen molar-refractivity contribution in [3.05, 3.63) is 54.3 Å². The highest BCUT2D eigenvalue weighted by Crippen LogP contribution is 2.49. The van der Waals surface area contributed by atoms with Crippen molar-refractivity contribution in [2.24, 2.45) is 28.2 Å². The van der Waals surface area contributed by atoms with Crippen LogP contribution < -0.4 is 22.5 Å². The summed E-state index contributed by atoms with van der Waals surface area (Å²) in [7, 11) is 7.54. The number of phosphoric acid groups is 1. The first-order valence-corrected chi connectivity index (χ1v) is 14.2. The van der Waals surface area contributed by atoms with E-state index in [0.29, 0.717) is 11.0 Å². The number of nitrogens with zero attached hydrogens (tertiary/aromatic N) is 9. The van der Waals surface area contributed by atoms with Gasteiger partial charge in [0.05, 0.1) is 47.0 Å². The molecule has 18 heteroatoms. The number of quaternary nitrogens is 1. The summed E-state index contributed by atoms with van der Waals surface area (Å²) in [6, 6.07) is 0. The summed E-state index contributed by atoms with van der Waals surface area (Å²) in [6.07, 6.45) is 2.80. The van der Waals surface area contributed by atoms with Gasteiger partial charge in [0.1, 0.15) is 13.2 Å². The first kappa shape index (κ1) is 30.3. The maximum atomic E-state index is 13.6. The number of fused-ring (bicyclic) bond motifs is 2. The second-order valence-electron chi connectivity index (χ2n) is 10.6. The number of aryl methyl sites for hydroxylation is 2. The number of imidazole rings is 2. The molecular weight excluding hydrogens is 561 g/mol. The van der Waals surface area contributed by atoms with Crippen molar-refractivity contribution >= 4 is 30.2 Å². The van der Waals surface area contributed by atoms with E-state index < -0.39 is 30.3 Å². The molecule has 4 aromatic heterocycles. The van der Waals surface area contributed by atoms with Crippen molar-refractivity contribution in [2.45, 2.75) is 13.1 Å². The number of hydrogen-bond acceptors (Lipinski definition) is 10. The zero-order valence-corrected chi connectivity index (χ0v) is 25.0. The van der Waals surface area contributed by atoms with Crippen molar-refractivity contribution in [2.75, 3.05) is 47.5 Å². The summed E-state index contributed by atoms with van der Waals surface area (Å²) < 4.78 is 38.5. The van der Waals surface area contributed by atoms with Crippen LogP contribution in [0.3, 0.4) is 0 Å². The van der Waals surface area contributed by atoms with Gasteiger partial charge >= 0.3 is 19.2 Å². The Balaban J connectivity index is 1.50. The van der Waals surface area contributed by atoms with Crippen molar-refractivity contribution in [1.82, 2.24) is 37.4 Å². The minimum atomic E-state index is -4.09. The second-order valence-corrected chi connectivity index (χ2v) is 12.3. The summed E-state index contributed by atoms with van der Waals surface area (Å²) in [5.41, 5.74) is -1.21. The van der Waals surface area contributed by atoms with E-state index in [4.69, 9.17) is 13.6 Å². The molecule has 4 aromatic rings. The topological polar surface area (TPSA) is 168 Å². The van der Waals surface area contributed by atoms with E-state index in [0.717, 1.165) is 9.13 Å². The molecule has 0 aliphatic rings. The Morgan fingerprint density at radius 3 is 1.46 bits per heavy atom. The first-order valence-electron chi connectivity index (χ1n) is 12.7. The third-order valence-corrected chi connectivity index (χ3v) is 8.11. The number of phosphoric ester groups is 1. The lowest BCUT2D eigenvalue weighted by Crippen LogP contribution is -2.37. The van der Waals surface area contributed by atoms with Gasteiger partial charge in [-0.3, -0.25) is 41.4 Å². The third kappa shape index (κ3) is 6.04. The van der Waals surface area contributed by atoms with Crippen LogP contribution in [0.25, 0.3) is 22.3 Å². The average molecular weight is 597 g/mol. The van der Waals surface area contributed by atoms with E-state index in [-0.39, 0.29) is 55.2 Å². The fraction of sp³-hybridized carbons (Fsp3) is 0.565. The van der Waals surface area contributed by atoms with E-state index >= 15 is 0 Å². The van der Waals surface area contributed by atoms with Crippen molar-refractivity contribution in [1.29, 1.82) is 0 Å². The zero-order chi connectivity index (χ0) is 30.3. The Morgan fingerprint density at radius 1 is 0.683 bits per heavy atom. The summed E-state index contributed by atoms with van der Waals surface area (Å²) in [4.78, 5) is 58.1. The molecule has 224 valence electrons. The summed E-state index contributed by atoms with van der Waals surface area (Å²) in [5, 5.41) is 0. The van der Waals surface area contributed by atoms with Crippen LogP contribution in [0.1, 0.15) is 0 Å². The molecule has 0 N–H and O–H groups in total. The molecule has 0 radical (unpaired) electrons. The molecule has 0 fully saturated rings. The lowest BCUT2D eigenvalue weighted by Gasteiger charge is -2.25. The van der Waals surface area contributed by atoms with Gasteiger partial charge in [-0.25, -0.2) is 24.1 Å². The van der Waals surface area contributed by atoms with Crippen LogP contribution in [0.4, 0.5) is 0 Å². The molecule has 0 aliphatic heterocycles. The summed E-state index contributed by atoms with van der Waals surface area (Å²) in [5.74, 6) is 0. The Bertz CT molecular complexity index is 1760. The van der Waals surface area contributed by atoms with Gasteiger partial charge in [-0.15, -0.1) is 0 Å². The fourth-order valence-corrected chi connectivity index (χ4v) is 5.31. The van der Waals surface area contributed by atoms with Crippen molar-refractivity contribution in [3.8, 4) is 0 Å². The van der Waals surface area contributed by atoms with Gasteiger partial charge in [0, 0.05) is 41.3 Å². The molecule has 0 aromatic carbocycles. The molecule has 4 heterocycles. The summed E-state index contributed by atoms with van der Waals surface area (Å²) in [6.45, 7) is 0.432. The van der Waals surface area contributed by atoms with Gasteiger partial charge in [0.25, 0.3) is 11.1 Å². The van der Waals surface area contributed by atoms with Crippen LogP contribution in [0, 0.1) is 0 Å². The largest absolute Gasteiger partial charge is 0.475 e. The molecular formula is C23H35N9O8P+. The standard InChI is InChI=1S/C23H35N9O8P/c1-26-18-16(20(33)28(3)22(26)35)30(14-24-18)8-11-38-41(37,40-13-10-32(5,6)7)39-12-9-31-15-25-19-17(31)21(34)29(4)23(36)27(19)2/h14-15H,8-13H2,1-7H3/q+1. The zero-order valence-electron chi connectivity index (χ0n) is 24.1. The van der Waals surface area contributed by atoms with Crippen LogP contribution in [-0.2, 0) is 59.4 Å². The summed E-state index contributed by atoms with van der Waals surface area (Å²) >= 11 is 0. The molecule has 0 spiro atoms. The third-order valence-electron chi connectivity index (χ3n) is 6.61. The van der Waals surface area contributed by atoms with Crippen LogP contribution in [0.2, 0.25) is 0 Å². The van der Waals surface area contributed by atoms with Crippen LogP contribution in [0.5, 0.6) is 0 Å². The fourth-order valence-electron chi connectivity index (χ4n) is 4.17. The number of likely N-dealkylation sites (N-methyl/N-ethyl adjacent to an activating group) is 1.